The molecule has 0 bridgehead atoms. The third-order valence-electron chi connectivity index (χ3n) is 4.31. The zero-order chi connectivity index (χ0) is 15.6. The fraction of sp³-hybridized carbons (Fsp3) is 0.412. The molecule has 1 saturated heterocycles. The zero-order valence-corrected chi connectivity index (χ0v) is 12.9. The average molecular weight is 314 g/mol. The Balaban J connectivity index is 1.81. The molecule has 6 heteroatoms. The monoisotopic (exact) mass is 314 g/mol. The molecule has 0 spiro atoms. The van der Waals surface area contributed by atoms with E-state index in [9.17, 15) is 4.39 Å². The summed E-state index contributed by atoms with van der Waals surface area (Å²) in [5.74, 6) is 1.31. The number of nitrogens with zero attached hydrogens (tertiary/aromatic N) is 3. The van der Waals surface area contributed by atoms with Crippen LogP contribution in [0.4, 0.5) is 10.2 Å². The molecule has 5 nitrogen and oxygen atoms in total. The summed E-state index contributed by atoms with van der Waals surface area (Å²) in [6, 6.07) is 6.47. The topological polar surface area (TPSA) is 50.3 Å². The number of morpholine rings is 1. The van der Waals surface area contributed by atoms with E-state index in [2.05, 4.69) is 15.2 Å². The van der Waals surface area contributed by atoms with E-state index >= 15 is 0 Å². The van der Waals surface area contributed by atoms with Gasteiger partial charge in [0.15, 0.2) is 5.82 Å². The van der Waals surface area contributed by atoms with Crippen molar-refractivity contribution in [3.8, 4) is 11.4 Å². The van der Waals surface area contributed by atoms with Crippen LogP contribution >= 0.6 is 0 Å². The van der Waals surface area contributed by atoms with Gasteiger partial charge >= 0.3 is 0 Å². The number of hydrogen-bond acceptors (Lipinski definition) is 5. The Labute approximate surface area is 134 Å². The first kappa shape index (κ1) is 14.5. The maximum Gasteiger partial charge on any atom is 0.161 e. The fourth-order valence-electron chi connectivity index (χ4n) is 3.13. The first-order valence-corrected chi connectivity index (χ1v) is 8.00. The summed E-state index contributed by atoms with van der Waals surface area (Å²) < 4.78 is 19.0. The van der Waals surface area contributed by atoms with E-state index in [0.29, 0.717) is 24.6 Å². The molecular formula is C17H19FN4O. The molecule has 1 fully saturated rings. The van der Waals surface area contributed by atoms with Crippen molar-refractivity contribution in [1.82, 2.24) is 15.3 Å². The highest BCUT2D eigenvalue weighted by Gasteiger charge is 2.23. The summed E-state index contributed by atoms with van der Waals surface area (Å²) in [6.45, 7) is 4.77. The van der Waals surface area contributed by atoms with Gasteiger partial charge in [0.1, 0.15) is 11.6 Å². The van der Waals surface area contributed by atoms with Crippen LogP contribution in [-0.4, -0.2) is 42.8 Å². The third-order valence-corrected chi connectivity index (χ3v) is 4.31. The molecule has 0 aliphatic carbocycles. The van der Waals surface area contributed by atoms with Gasteiger partial charge in [-0.2, -0.15) is 0 Å². The molecule has 2 aliphatic heterocycles. The van der Waals surface area contributed by atoms with Crippen LogP contribution in [0.15, 0.2) is 24.3 Å². The molecule has 2 aromatic rings. The Hall–Kier alpha value is -2.05. The second-order valence-electron chi connectivity index (χ2n) is 5.83. The number of fused-ring (bicyclic) bond motifs is 1. The lowest BCUT2D eigenvalue weighted by Crippen LogP contribution is -2.39. The van der Waals surface area contributed by atoms with Crippen LogP contribution in [0.3, 0.4) is 0 Å². The molecule has 3 heterocycles. The van der Waals surface area contributed by atoms with Crippen molar-refractivity contribution in [3.63, 3.8) is 0 Å². The Morgan fingerprint density at radius 3 is 2.87 bits per heavy atom. The largest absolute Gasteiger partial charge is 0.378 e. The molecule has 0 radical (unpaired) electrons. The lowest BCUT2D eigenvalue weighted by atomic mass is 10.1. The van der Waals surface area contributed by atoms with E-state index in [-0.39, 0.29) is 5.82 Å². The van der Waals surface area contributed by atoms with Gasteiger partial charge in [-0.3, -0.25) is 0 Å². The maximum atomic E-state index is 13.6. The highest BCUT2D eigenvalue weighted by molar-refractivity contribution is 5.61. The molecule has 0 unspecified atom stereocenters. The SMILES string of the molecule is Fc1cccc(-c2nc3c(c(N4CCOCC4)n2)CCNC3)c1. The number of benzene rings is 1. The number of halogens is 1. The first-order valence-electron chi connectivity index (χ1n) is 8.00. The summed E-state index contributed by atoms with van der Waals surface area (Å²) in [5, 5.41) is 3.35. The van der Waals surface area contributed by atoms with Gasteiger partial charge in [-0.1, -0.05) is 12.1 Å². The fourth-order valence-corrected chi connectivity index (χ4v) is 3.13. The van der Waals surface area contributed by atoms with Crippen molar-refractivity contribution >= 4 is 5.82 Å². The molecule has 4 rings (SSSR count). The molecule has 0 saturated carbocycles. The zero-order valence-electron chi connectivity index (χ0n) is 12.9. The van der Waals surface area contributed by atoms with Gasteiger partial charge in [0.2, 0.25) is 0 Å². The van der Waals surface area contributed by atoms with E-state index in [1.165, 1.54) is 17.7 Å². The average Bonchev–Trinajstić information content (AvgIpc) is 2.61. The normalized spacial score (nSPS) is 17.9. The molecule has 1 N–H and O–H groups in total. The summed E-state index contributed by atoms with van der Waals surface area (Å²) in [6.07, 6.45) is 0.922. The highest BCUT2D eigenvalue weighted by Crippen LogP contribution is 2.28. The second-order valence-corrected chi connectivity index (χ2v) is 5.83. The minimum absolute atomic E-state index is 0.269. The Bertz CT molecular complexity index is 716. The smallest absolute Gasteiger partial charge is 0.161 e. The summed E-state index contributed by atoms with van der Waals surface area (Å²) in [5.41, 5.74) is 2.95. The van der Waals surface area contributed by atoms with E-state index in [4.69, 9.17) is 9.72 Å². The van der Waals surface area contributed by atoms with Gasteiger partial charge in [-0.15, -0.1) is 0 Å². The Morgan fingerprint density at radius 1 is 1.17 bits per heavy atom. The number of aromatic nitrogens is 2. The predicted octanol–water partition coefficient (Wildman–Crippen LogP) is 1.77. The second kappa shape index (κ2) is 6.22. The minimum atomic E-state index is -0.269. The Morgan fingerprint density at radius 2 is 2.04 bits per heavy atom. The summed E-state index contributed by atoms with van der Waals surface area (Å²) in [7, 11) is 0. The van der Waals surface area contributed by atoms with Gasteiger partial charge in [-0.05, 0) is 25.1 Å². The van der Waals surface area contributed by atoms with Gasteiger partial charge in [0.05, 0.1) is 18.9 Å². The Kier molecular flexibility index (Phi) is 3.93. The number of rotatable bonds is 2. The molecule has 1 aromatic heterocycles. The van der Waals surface area contributed by atoms with Crippen molar-refractivity contribution in [3.05, 3.63) is 41.3 Å². The van der Waals surface area contributed by atoms with Gasteiger partial charge in [0, 0.05) is 30.8 Å². The van der Waals surface area contributed by atoms with Crippen LogP contribution in [0.25, 0.3) is 11.4 Å². The van der Waals surface area contributed by atoms with Crippen LogP contribution in [0.1, 0.15) is 11.3 Å². The van der Waals surface area contributed by atoms with Crippen molar-refractivity contribution in [2.75, 3.05) is 37.7 Å². The predicted molar refractivity (Wildman–Crippen MR) is 85.9 cm³/mol. The standard InChI is InChI=1S/C17H19FN4O/c18-13-3-1-2-12(10-13)16-20-15-11-19-5-4-14(15)17(21-16)22-6-8-23-9-7-22/h1-3,10,19H,4-9,11H2. The molecule has 0 amide bonds. The van der Waals surface area contributed by atoms with Crippen LogP contribution in [0.2, 0.25) is 0 Å². The lowest BCUT2D eigenvalue weighted by molar-refractivity contribution is 0.122. The van der Waals surface area contributed by atoms with Crippen molar-refractivity contribution in [2.24, 2.45) is 0 Å². The number of anilines is 1. The van der Waals surface area contributed by atoms with Crippen LogP contribution < -0.4 is 10.2 Å². The van der Waals surface area contributed by atoms with E-state index in [0.717, 1.165) is 44.1 Å². The maximum absolute atomic E-state index is 13.6. The molecular weight excluding hydrogens is 295 g/mol. The van der Waals surface area contributed by atoms with Gasteiger partial charge in [0.25, 0.3) is 0 Å². The lowest BCUT2D eigenvalue weighted by Gasteiger charge is -2.31. The number of nitrogens with one attached hydrogen (secondary N) is 1. The van der Waals surface area contributed by atoms with Crippen molar-refractivity contribution in [2.45, 2.75) is 13.0 Å². The quantitative estimate of drug-likeness (QED) is 0.915. The van der Waals surface area contributed by atoms with Crippen LogP contribution in [0.5, 0.6) is 0 Å². The minimum Gasteiger partial charge on any atom is -0.378 e. The van der Waals surface area contributed by atoms with Crippen LogP contribution in [-0.2, 0) is 17.7 Å². The molecule has 1 aromatic carbocycles. The van der Waals surface area contributed by atoms with Crippen molar-refractivity contribution in [1.29, 1.82) is 0 Å². The van der Waals surface area contributed by atoms with Gasteiger partial charge in [-0.25, -0.2) is 14.4 Å². The van der Waals surface area contributed by atoms with Crippen LogP contribution in [0, 0.1) is 5.82 Å². The van der Waals surface area contributed by atoms with Gasteiger partial charge < -0.3 is 15.0 Å². The molecule has 0 atom stereocenters. The highest BCUT2D eigenvalue weighted by atomic mass is 19.1. The van der Waals surface area contributed by atoms with E-state index < -0.39 is 0 Å². The van der Waals surface area contributed by atoms with Crippen molar-refractivity contribution < 1.29 is 9.13 Å². The first-order chi connectivity index (χ1) is 11.3. The summed E-state index contributed by atoms with van der Waals surface area (Å²) in [4.78, 5) is 11.7. The summed E-state index contributed by atoms with van der Waals surface area (Å²) >= 11 is 0. The molecule has 120 valence electrons. The third kappa shape index (κ3) is 2.92. The molecule has 23 heavy (non-hydrogen) atoms. The number of hydrogen-bond donors (Lipinski definition) is 1. The van der Waals surface area contributed by atoms with E-state index in [1.807, 2.05) is 6.07 Å². The molecule has 2 aliphatic rings. The van der Waals surface area contributed by atoms with E-state index in [1.54, 1.807) is 6.07 Å². The number of ether oxygens (including phenoxy) is 1.